The zero-order valence-corrected chi connectivity index (χ0v) is 17.2. The Labute approximate surface area is 175 Å². The highest BCUT2D eigenvalue weighted by Crippen LogP contribution is 2.41. The zero-order chi connectivity index (χ0) is 23.6. The van der Waals surface area contributed by atoms with Gasteiger partial charge in [0, 0.05) is 17.5 Å². The van der Waals surface area contributed by atoms with Crippen molar-refractivity contribution in [3.8, 4) is 5.75 Å². The molecule has 1 aromatic carbocycles. The molecule has 0 radical (unpaired) electrons. The van der Waals surface area contributed by atoms with Gasteiger partial charge in [-0.25, -0.2) is 9.18 Å². The Balaban J connectivity index is 2.72. The number of carboxylic acid groups (broad SMARTS) is 1. The minimum absolute atomic E-state index is 0.0224. The molecule has 0 aliphatic carbocycles. The molecule has 0 aromatic heterocycles. The molecule has 170 valence electrons. The molecule has 31 heavy (non-hydrogen) atoms. The van der Waals surface area contributed by atoms with Crippen LogP contribution in [-0.2, 0) is 32.7 Å². The second-order valence-electron chi connectivity index (χ2n) is 6.70. The van der Waals surface area contributed by atoms with Gasteiger partial charge < -0.3 is 14.0 Å². The van der Waals surface area contributed by atoms with Gasteiger partial charge in [-0.05, 0) is 43.9 Å². The third-order valence-corrected chi connectivity index (χ3v) is 5.58. The molecule has 1 aromatic rings. The van der Waals surface area contributed by atoms with Crippen LogP contribution in [-0.4, -0.2) is 31.0 Å². The number of carbonyl (C=O) groups excluding carboxylic acids is 1. The maximum atomic E-state index is 13.0. The van der Waals surface area contributed by atoms with Crippen LogP contribution in [0, 0.1) is 6.92 Å². The minimum Gasteiger partial charge on any atom is -0.481 e. The number of carboxylic acids is 1. The number of esters is 1. The molecule has 0 saturated heterocycles. The first-order chi connectivity index (χ1) is 14.3. The molecule has 0 atom stereocenters. The number of benzene rings is 1. The Morgan fingerprint density at radius 3 is 2.48 bits per heavy atom. The van der Waals surface area contributed by atoms with E-state index < -0.39 is 38.9 Å². The van der Waals surface area contributed by atoms with Crippen molar-refractivity contribution in [3.05, 3.63) is 45.8 Å². The monoisotopic (exact) mass is 466 g/mol. The van der Waals surface area contributed by atoms with Crippen molar-refractivity contribution in [2.75, 3.05) is 0 Å². The summed E-state index contributed by atoms with van der Waals surface area (Å²) in [4.78, 5) is 22.9. The second kappa shape index (κ2) is 9.08. The van der Waals surface area contributed by atoms with Crippen LogP contribution in [0.2, 0.25) is 0 Å². The van der Waals surface area contributed by atoms with Crippen LogP contribution in [0.5, 0.6) is 5.75 Å². The van der Waals surface area contributed by atoms with Crippen molar-refractivity contribution in [2.24, 2.45) is 0 Å². The number of alkyl halides is 3. The number of carbonyl (C=O) groups is 2. The number of cyclic esters (lactones) is 1. The molecule has 0 fully saturated rings. The number of hydrogen-bond donors (Lipinski definition) is 1. The lowest BCUT2D eigenvalue weighted by molar-refractivity contribution is -0.136. The van der Waals surface area contributed by atoms with E-state index in [0.29, 0.717) is 11.1 Å². The Bertz CT molecular complexity index is 1070. The molecule has 7 nitrogen and oxygen atoms in total. The zero-order valence-electron chi connectivity index (χ0n) is 16.4. The van der Waals surface area contributed by atoms with Crippen LogP contribution in [0.4, 0.5) is 17.6 Å². The third-order valence-electron chi connectivity index (χ3n) is 4.63. The highest BCUT2D eigenvalue weighted by Gasteiger charge is 2.50. The van der Waals surface area contributed by atoms with E-state index in [-0.39, 0.29) is 48.9 Å². The lowest BCUT2D eigenvalue weighted by Crippen LogP contribution is -2.29. The lowest BCUT2D eigenvalue weighted by atomic mass is 9.90. The van der Waals surface area contributed by atoms with Crippen molar-refractivity contribution in [2.45, 2.75) is 45.2 Å². The SMILES string of the molecule is CC(=CCc1c(C=CF)c(C)c2c(c1OS(=O)(=O)C(F)(F)F)C(=O)OC2)CCC(=O)O. The summed E-state index contributed by atoms with van der Waals surface area (Å²) in [7, 11) is -6.15. The molecule has 0 amide bonds. The quantitative estimate of drug-likeness (QED) is 0.201. The molecule has 1 heterocycles. The van der Waals surface area contributed by atoms with Crippen LogP contribution < -0.4 is 4.18 Å². The van der Waals surface area contributed by atoms with Crippen LogP contribution in [0.15, 0.2) is 18.0 Å². The van der Waals surface area contributed by atoms with Crippen molar-refractivity contribution in [3.63, 3.8) is 0 Å². The predicted molar refractivity (Wildman–Crippen MR) is 100 cm³/mol. The molecule has 0 saturated carbocycles. The number of allylic oxidation sites excluding steroid dienone is 2. The standard InChI is InChI=1S/C19H18F4O7S/c1-10(4-6-15(24)25)3-5-13-12(7-8-20)11(2)14-9-29-18(26)16(14)17(13)30-31(27,28)19(21,22)23/h3,7-8H,4-6,9H2,1-2H3,(H,24,25). The summed E-state index contributed by atoms with van der Waals surface area (Å²) in [6.07, 6.45) is 2.11. The number of ether oxygens (including phenoxy) is 1. The Kier molecular flexibility index (Phi) is 7.14. The summed E-state index contributed by atoms with van der Waals surface area (Å²) < 4.78 is 84.4. The van der Waals surface area contributed by atoms with Gasteiger partial charge in [0.15, 0.2) is 5.75 Å². The summed E-state index contributed by atoms with van der Waals surface area (Å²) in [6, 6.07) is 0. The van der Waals surface area contributed by atoms with Gasteiger partial charge >= 0.3 is 27.6 Å². The summed E-state index contributed by atoms with van der Waals surface area (Å²) in [6.45, 7) is 2.70. The maximum absolute atomic E-state index is 13.0. The average molecular weight is 466 g/mol. The number of fused-ring (bicyclic) bond motifs is 1. The summed E-state index contributed by atoms with van der Waals surface area (Å²) in [5, 5.41) is 8.76. The summed E-state index contributed by atoms with van der Waals surface area (Å²) in [5.41, 5.74) is -5.50. The first kappa shape index (κ1) is 24.4. The summed E-state index contributed by atoms with van der Waals surface area (Å²) >= 11 is 0. The van der Waals surface area contributed by atoms with Gasteiger partial charge in [-0.15, -0.1) is 0 Å². The Morgan fingerprint density at radius 1 is 1.29 bits per heavy atom. The molecule has 1 aliphatic heterocycles. The van der Waals surface area contributed by atoms with E-state index in [1.54, 1.807) is 6.92 Å². The van der Waals surface area contributed by atoms with E-state index in [0.717, 1.165) is 6.08 Å². The fraction of sp³-hybridized carbons (Fsp3) is 0.368. The number of rotatable bonds is 8. The Morgan fingerprint density at radius 2 is 1.94 bits per heavy atom. The minimum atomic E-state index is -6.15. The molecule has 12 heteroatoms. The van der Waals surface area contributed by atoms with Crippen LogP contribution >= 0.6 is 0 Å². The van der Waals surface area contributed by atoms with Crippen LogP contribution in [0.25, 0.3) is 6.08 Å². The molecule has 0 bridgehead atoms. The maximum Gasteiger partial charge on any atom is 0.534 e. The molecule has 2 rings (SSSR count). The van der Waals surface area contributed by atoms with E-state index >= 15 is 0 Å². The van der Waals surface area contributed by atoms with E-state index in [4.69, 9.17) is 9.84 Å². The van der Waals surface area contributed by atoms with E-state index in [1.807, 2.05) is 0 Å². The summed E-state index contributed by atoms with van der Waals surface area (Å²) in [5.74, 6) is -3.03. The van der Waals surface area contributed by atoms with Gasteiger partial charge in [-0.1, -0.05) is 11.6 Å². The molecule has 0 spiro atoms. The first-order valence-electron chi connectivity index (χ1n) is 8.80. The third kappa shape index (κ3) is 5.24. The highest BCUT2D eigenvalue weighted by molar-refractivity contribution is 7.88. The molecule has 1 aliphatic rings. The highest BCUT2D eigenvalue weighted by atomic mass is 32.2. The topological polar surface area (TPSA) is 107 Å². The van der Waals surface area contributed by atoms with E-state index in [2.05, 4.69) is 4.18 Å². The number of aliphatic carboxylic acids is 1. The van der Waals surface area contributed by atoms with Crippen molar-refractivity contribution >= 4 is 28.1 Å². The van der Waals surface area contributed by atoms with Gasteiger partial charge in [0.2, 0.25) is 0 Å². The first-order valence-corrected chi connectivity index (χ1v) is 10.2. The van der Waals surface area contributed by atoms with Gasteiger partial charge in [0.05, 0.1) is 6.33 Å². The van der Waals surface area contributed by atoms with Crippen molar-refractivity contribution in [1.82, 2.24) is 0 Å². The van der Waals surface area contributed by atoms with Gasteiger partial charge in [-0.2, -0.15) is 21.6 Å². The van der Waals surface area contributed by atoms with Crippen LogP contribution in [0.1, 0.15) is 52.4 Å². The molecule has 1 N–H and O–H groups in total. The largest absolute Gasteiger partial charge is 0.534 e. The van der Waals surface area contributed by atoms with Gasteiger partial charge in [0.1, 0.15) is 12.2 Å². The average Bonchev–Trinajstić information content (AvgIpc) is 3.04. The van der Waals surface area contributed by atoms with Crippen LogP contribution in [0.3, 0.4) is 0 Å². The second-order valence-corrected chi connectivity index (χ2v) is 8.24. The molecule has 0 unspecified atom stereocenters. The number of hydrogen-bond acceptors (Lipinski definition) is 6. The fourth-order valence-electron chi connectivity index (χ4n) is 3.02. The smallest absolute Gasteiger partial charge is 0.481 e. The Hall–Kier alpha value is -2.89. The lowest BCUT2D eigenvalue weighted by Gasteiger charge is -2.19. The van der Waals surface area contributed by atoms with Crippen molar-refractivity contribution < 1.29 is 49.6 Å². The fourth-order valence-corrected chi connectivity index (χ4v) is 3.51. The van der Waals surface area contributed by atoms with E-state index in [9.17, 15) is 35.6 Å². The van der Waals surface area contributed by atoms with Gasteiger partial charge in [-0.3, -0.25) is 4.79 Å². The normalized spacial score (nSPS) is 14.6. The van der Waals surface area contributed by atoms with Gasteiger partial charge in [0.25, 0.3) is 0 Å². The predicted octanol–water partition coefficient (Wildman–Crippen LogP) is 4.19. The van der Waals surface area contributed by atoms with E-state index in [1.165, 1.54) is 13.0 Å². The number of halogens is 4. The molecular formula is C19H18F4O7S. The van der Waals surface area contributed by atoms with Crippen molar-refractivity contribution in [1.29, 1.82) is 0 Å². The molecular weight excluding hydrogens is 448 g/mol.